The Bertz CT molecular complexity index is 537. The lowest BCUT2D eigenvalue weighted by Gasteiger charge is -2.32. The molecule has 2 heterocycles. The van der Waals surface area contributed by atoms with Crippen LogP contribution >= 0.6 is 0 Å². The minimum absolute atomic E-state index is 0.00209. The van der Waals surface area contributed by atoms with E-state index in [4.69, 9.17) is 9.15 Å². The maximum absolute atomic E-state index is 11.1. The summed E-state index contributed by atoms with van der Waals surface area (Å²) in [6.07, 6.45) is 6.89. The van der Waals surface area contributed by atoms with E-state index in [-0.39, 0.29) is 11.3 Å². The highest BCUT2D eigenvalue weighted by molar-refractivity contribution is 5.73. The number of carbonyl (C=O) groups is 1. The Morgan fingerprint density at radius 3 is 2.78 bits per heavy atom. The van der Waals surface area contributed by atoms with Crippen LogP contribution in [0.15, 0.2) is 4.42 Å². The molecule has 128 valence electrons. The van der Waals surface area contributed by atoms with Gasteiger partial charge in [-0.1, -0.05) is 6.92 Å². The number of amides is 1. The number of nitrogens with zero attached hydrogens (tertiary/aromatic N) is 2. The van der Waals surface area contributed by atoms with Crippen LogP contribution in [0.4, 0.5) is 0 Å². The molecule has 1 saturated carbocycles. The zero-order valence-electron chi connectivity index (χ0n) is 14.1. The summed E-state index contributed by atoms with van der Waals surface area (Å²) >= 11 is 0. The molecule has 0 spiro atoms. The standard InChI is InChI=1S/C17H27N3O3/c1-3-17(6-8-22-9-7-17)16-20-19-15(23-16)11-13-4-5-14(10-13)18-12(2)21/h13-14H,3-11H2,1-2H3,(H,18,21)/t13-,14+/m1/s1. The average Bonchev–Trinajstić information content (AvgIpc) is 3.18. The second-order valence-corrected chi connectivity index (χ2v) is 7.03. The van der Waals surface area contributed by atoms with Crippen molar-refractivity contribution in [1.29, 1.82) is 0 Å². The van der Waals surface area contributed by atoms with Crippen LogP contribution in [0.1, 0.15) is 64.2 Å². The van der Waals surface area contributed by atoms with Crippen LogP contribution in [-0.4, -0.2) is 35.4 Å². The van der Waals surface area contributed by atoms with E-state index >= 15 is 0 Å². The van der Waals surface area contributed by atoms with Gasteiger partial charge in [0.1, 0.15) is 0 Å². The summed E-state index contributed by atoms with van der Waals surface area (Å²) < 4.78 is 11.5. The smallest absolute Gasteiger partial charge is 0.222 e. The molecule has 1 N–H and O–H groups in total. The number of aromatic nitrogens is 2. The van der Waals surface area contributed by atoms with E-state index in [9.17, 15) is 4.79 Å². The maximum atomic E-state index is 11.1. The number of hydrogen-bond acceptors (Lipinski definition) is 5. The Hall–Kier alpha value is -1.43. The van der Waals surface area contributed by atoms with Gasteiger partial charge in [-0.15, -0.1) is 10.2 Å². The van der Waals surface area contributed by atoms with E-state index in [1.807, 2.05) is 0 Å². The lowest BCUT2D eigenvalue weighted by molar-refractivity contribution is -0.119. The predicted molar refractivity (Wildman–Crippen MR) is 85.0 cm³/mol. The fraction of sp³-hybridized carbons (Fsp3) is 0.824. The number of carbonyl (C=O) groups excluding carboxylic acids is 1. The van der Waals surface area contributed by atoms with Crippen LogP contribution in [0.5, 0.6) is 0 Å². The summed E-state index contributed by atoms with van der Waals surface area (Å²) in [6, 6.07) is 0.303. The summed E-state index contributed by atoms with van der Waals surface area (Å²) in [5.74, 6) is 2.11. The molecule has 0 unspecified atom stereocenters. The van der Waals surface area contributed by atoms with Gasteiger partial charge in [0.2, 0.25) is 17.7 Å². The molecule has 1 amide bonds. The summed E-state index contributed by atoms with van der Waals surface area (Å²) in [6.45, 7) is 5.30. The Morgan fingerprint density at radius 2 is 2.09 bits per heavy atom. The highest BCUT2D eigenvalue weighted by Crippen LogP contribution is 2.37. The summed E-state index contributed by atoms with van der Waals surface area (Å²) in [5, 5.41) is 11.6. The van der Waals surface area contributed by atoms with Gasteiger partial charge in [0.15, 0.2) is 0 Å². The Kier molecular flexibility index (Phi) is 4.99. The van der Waals surface area contributed by atoms with Crippen molar-refractivity contribution >= 4 is 5.91 Å². The first-order chi connectivity index (χ1) is 11.1. The molecule has 1 aliphatic heterocycles. The van der Waals surface area contributed by atoms with E-state index in [2.05, 4.69) is 22.4 Å². The van der Waals surface area contributed by atoms with Crippen molar-refractivity contribution in [2.45, 2.75) is 70.3 Å². The number of hydrogen-bond donors (Lipinski definition) is 1. The zero-order valence-corrected chi connectivity index (χ0v) is 14.1. The van der Waals surface area contributed by atoms with Crippen LogP contribution in [0.2, 0.25) is 0 Å². The average molecular weight is 321 g/mol. The molecule has 0 radical (unpaired) electrons. The van der Waals surface area contributed by atoms with Crippen molar-refractivity contribution in [1.82, 2.24) is 15.5 Å². The Morgan fingerprint density at radius 1 is 1.30 bits per heavy atom. The molecular weight excluding hydrogens is 294 g/mol. The van der Waals surface area contributed by atoms with Crippen molar-refractivity contribution in [3.8, 4) is 0 Å². The molecule has 2 fully saturated rings. The molecule has 1 saturated heterocycles. The van der Waals surface area contributed by atoms with Gasteiger partial charge in [-0.2, -0.15) is 0 Å². The van der Waals surface area contributed by atoms with Crippen LogP contribution in [0, 0.1) is 5.92 Å². The van der Waals surface area contributed by atoms with Crippen LogP contribution in [-0.2, 0) is 21.4 Å². The van der Waals surface area contributed by atoms with E-state index in [1.165, 1.54) is 0 Å². The first-order valence-electron chi connectivity index (χ1n) is 8.79. The van der Waals surface area contributed by atoms with Crippen LogP contribution in [0.25, 0.3) is 0 Å². The topological polar surface area (TPSA) is 77.3 Å². The van der Waals surface area contributed by atoms with Crippen molar-refractivity contribution < 1.29 is 13.9 Å². The van der Waals surface area contributed by atoms with Crippen molar-refractivity contribution in [2.24, 2.45) is 5.92 Å². The lowest BCUT2D eigenvalue weighted by Crippen LogP contribution is -2.33. The molecule has 0 aromatic carbocycles. The number of rotatable bonds is 5. The lowest BCUT2D eigenvalue weighted by atomic mass is 9.78. The third kappa shape index (κ3) is 3.74. The molecule has 2 aliphatic rings. The van der Waals surface area contributed by atoms with Gasteiger partial charge in [0.25, 0.3) is 0 Å². The molecule has 1 aliphatic carbocycles. The monoisotopic (exact) mass is 321 g/mol. The minimum atomic E-state index is -0.00209. The summed E-state index contributed by atoms with van der Waals surface area (Å²) in [7, 11) is 0. The van der Waals surface area contributed by atoms with Gasteiger partial charge in [0.05, 0.1) is 5.41 Å². The zero-order chi connectivity index (χ0) is 16.3. The summed E-state index contributed by atoms with van der Waals surface area (Å²) in [5.41, 5.74) is -0.00209. The van der Waals surface area contributed by atoms with Gasteiger partial charge in [-0.05, 0) is 44.4 Å². The first kappa shape index (κ1) is 16.4. The van der Waals surface area contributed by atoms with Crippen molar-refractivity contribution in [2.75, 3.05) is 13.2 Å². The van der Waals surface area contributed by atoms with E-state index in [0.717, 1.165) is 69.9 Å². The number of nitrogens with one attached hydrogen (secondary N) is 1. The van der Waals surface area contributed by atoms with E-state index < -0.39 is 0 Å². The van der Waals surface area contributed by atoms with Crippen LogP contribution < -0.4 is 5.32 Å². The van der Waals surface area contributed by atoms with Crippen molar-refractivity contribution in [3.63, 3.8) is 0 Å². The van der Waals surface area contributed by atoms with Crippen molar-refractivity contribution in [3.05, 3.63) is 11.8 Å². The summed E-state index contributed by atoms with van der Waals surface area (Å²) in [4.78, 5) is 11.1. The van der Waals surface area contributed by atoms with E-state index in [1.54, 1.807) is 6.92 Å². The Balaban J connectivity index is 1.60. The SMILES string of the molecule is CCC1(c2nnc(C[C@@H]3CC[C@H](NC(C)=O)C3)o2)CCOCC1. The fourth-order valence-corrected chi connectivity index (χ4v) is 3.96. The molecule has 6 nitrogen and oxygen atoms in total. The molecule has 1 aromatic heterocycles. The second-order valence-electron chi connectivity index (χ2n) is 7.03. The third-order valence-electron chi connectivity index (χ3n) is 5.46. The highest BCUT2D eigenvalue weighted by Gasteiger charge is 2.38. The molecule has 23 heavy (non-hydrogen) atoms. The molecule has 1 aromatic rings. The normalized spacial score (nSPS) is 27.0. The largest absolute Gasteiger partial charge is 0.425 e. The highest BCUT2D eigenvalue weighted by atomic mass is 16.5. The van der Waals surface area contributed by atoms with Gasteiger partial charge < -0.3 is 14.5 Å². The van der Waals surface area contributed by atoms with Gasteiger partial charge in [0, 0.05) is 32.6 Å². The number of ether oxygens (including phenoxy) is 1. The maximum Gasteiger partial charge on any atom is 0.222 e. The predicted octanol–water partition coefficient (Wildman–Crippen LogP) is 2.38. The molecular formula is C17H27N3O3. The Labute approximate surface area is 137 Å². The minimum Gasteiger partial charge on any atom is -0.425 e. The van der Waals surface area contributed by atoms with Gasteiger partial charge in [-0.3, -0.25) is 4.79 Å². The molecule has 3 rings (SSSR count). The van der Waals surface area contributed by atoms with Gasteiger partial charge >= 0.3 is 0 Å². The first-order valence-corrected chi connectivity index (χ1v) is 8.79. The quantitative estimate of drug-likeness (QED) is 0.901. The van der Waals surface area contributed by atoms with E-state index in [0.29, 0.717) is 12.0 Å². The second kappa shape index (κ2) is 6.99. The molecule has 6 heteroatoms. The molecule has 2 atom stereocenters. The molecule has 0 bridgehead atoms. The van der Waals surface area contributed by atoms with Gasteiger partial charge in [-0.25, -0.2) is 0 Å². The van der Waals surface area contributed by atoms with Crippen LogP contribution in [0.3, 0.4) is 0 Å². The third-order valence-corrected chi connectivity index (χ3v) is 5.46. The fourth-order valence-electron chi connectivity index (χ4n) is 3.96.